The number of aryl methyl sites for hydroxylation is 2. The summed E-state index contributed by atoms with van der Waals surface area (Å²) in [5.41, 5.74) is -0.269. The molecule has 0 atom stereocenters. The second kappa shape index (κ2) is 7.43. The maximum absolute atomic E-state index is 12.2. The highest BCUT2D eigenvalue weighted by Crippen LogP contribution is 2.25. The van der Waals surface area contributed by atoms with E-state index in [0.717, 1.165) is 4.88 Å². The molecule has 0 saturated heterocycles. The number of rotatable bonds is 7. The fraction of sp³-hybridized carbons (Fsp3) is 0.308. The lowest BCUT2D eigenvalue weighted by Crippen LogP contribution is -2.29. The summed E-state index contributed by atoms with van der Waals surface area (Å²) in [6.45, 7) is 3.77. The Morgan fingerprint density at radius 1 is 1.33 bits per heavy atom. The molecule has 0 aliphatic rings. The van der Waals surface area contributed by atoms with Crippen LogP contribution in [0, 0.1) is 24.0 Å². The minimum Gasteiger partial charge on any atom is -0.363 e. The van der Waals surface area contributed by atoms with Gasteiger partial charge < -0.3 is 5.32 Å². The zero-order valence-corrected chi connectivity index (χ0v) is 15.3. The number of aromatic nitrogens is 1. The molecule has 2 aromatic heterocycles. The molecule has 0 bridgehead atoms. The predicted octanol–water partition coefficient (Wildman–Crippen LogP) is 2.71. The van der Waals surface area contributed by atoms with E-state index in [4.69, 9.17) is 11.6 Å². The van der Waals surface area contributed by atoms with Crippen molar-refractivity contribution in [2.45, 2.75) is 18.7 Å². The molecule has 2 N–H and O–H groups in total. The molecule has 8 nitrogen and oxygen atoms in total. The van der Waals surface area contributed by atoms with Gasteiger partial charge in [0.15, 0.2) is 0 Å². The monoisotopic (exact) mass is 390 g/mol. The highest BCUT2D eigenvalue weighted by molar-refractivity contribution is 7.89. The second-order valence-corrected chi connectivity index (χ2v) is 8.51. The maximum Gasteiger partial charge on any atom is 0.312 e. The third kappa shape index (κ3) is 4.41. The van der Waals surface area contributed by atoms with Crippen LogP contribution in [0.5, 0.6) is 0 Å². The van der Waals surface area contributed by atoms with Crippen LogP contribution in [0.15, 0.2) is 23.2 Å². The third-order valence-electron chi connectivity index (χ3n) is 3.03. The van der Waals surface area contributed by atoms with Crippen LogP contribution < -0.4 is 10.0 Å². The van der Waals surface area contributed by atoms with E-state index in [9.17, 15) is 18.5 Å². The zero-order valence-electron chi connectivity index (χ0n) is 12.9. The average molecular weight is 391 g/mol. The molecule has 24 heavy (non-hydrogen) atoms. The van der Waals surface area contributed by atoms with E-state index in [1.54, 1.807) is 13.0 Å². The molecule has 2 rings (SSSR count). The summed E-state index contributed by atoms with van der Waals surface area (Å²) >= 11 is 7.09. The first kappa shape index (κ1) is 18.6. The topological polar surface area (TPSA) is 114 Å². The quantitative estimate of drug-likeness (QED) is 0.426. The number of pyridine rings is 1. The predicted molar refractivity (Wildman–Crippen MR) is 93.4 cm³/mol. The minimum atomic E-state index is -3.61. The van der Waals surface area contributed by atoms with Crippen molar-refractivity contribution in [2.75, 3.05) is 18.4 Å². The van der Waals surface area contributed by atoms with Gasteiger partial charge >= 0.3 is 5.69 Å². The van der Waals surface area contributed by atoms with Crippen LogP contribution >= 0.6 is 22.9 Å². The van der Waals surface area contributed by atoms with Crippen LogP contribution in [-0.2, 0) is 10.0 Å². The normalized spacial score (nSPS) is 11.5. The lowest BCUT2D eigenvalue weighted by molar-refractivity contribution is -0.384. The van der Waals surface area contributed by atoms with E-state index in [1.165, 1.54) is 23.6 Å². The van der Waals surface area contributed by atoms with E-state index in [-0.39, 0.29) is 34.5 Å². The Hall–Kier alpha value is -1.75. The van der Waals surface area contributed by atoms with Gasteiger partial charge in [0.1, 0.15) is 0 Å². The summed E-state index contributed by atoms with van der Waals surface area (Å²) in [7, 11) is -3.61. The lowest BCUT2D eigenvalue weighted by Gasteiger charge is -2.08. The first-order valence-electron chi connectivity index (χ1n) is 6.81. The number of hydrogen-bond donors (Lipinski definition) is 2. The summed E-state index contributed by atoms with van der Waals surface area (Å²) < 4.78 is 26.9. The second-order valence-electron chi connectivity index (χ2n) is 4.88. The molecule has 0 spiro atoms. The summed E-state index contributed by atoms with van der Waals surface area (Å²) in [6.07, 6.45) is 1.28. The number of nitrogens with one attached hydrogen (secondary N) is 2. The van der Waals surface area contributed by atoms with Crippen molar-refractivity contribution in [3.05, 3.63) is 43.2 Å². The fourth-order valence-corrected chi connectivity index (χ4v) is 4.76. The SMILES string of the molecule is Cc1cc(S(=O)(=O)NCCNc2ncc(Cl)cc2[N+](=O)[O-])c(C)s1. The van der Waals surface area contributed by atoms with Crippen LogP contribution in [0.2, 0.25) is 5.02 Å². The molecule has 0 amide bonds. The zero-order chi connectivity index (χ0) is 17.9. The van der Waals surface area contributed by atoms with E-state index in [2.05, 4.69) is 15.0 Å². The molecule has 0 aliphatic heterocycles. The van der Waals surface area contributed by atoms with Gasteiger partial charge in [0.25, 0.3) is 0 Å². The standard InChI is InChI=1S/C13H15ClN4O4S2/c1-8-5-12(9(2)23-8)24(21,22)17-4-3-15-13-11(18(19)20)6-10(14)7-16-13/h5-7,17H,3-4H2,1-2H3,(H,15,16). The number of halogens is 1. The highest BCUT2D eigenvalue weighted by atomic mass is 35.5. The molecule has 0 aliphatic carbocycles. The molecule has 0 unspecified atom stereocenters. The smallest absolute Gasteiger partial charge is 0.312 e. The highest BCUT2D eigenvalue weighted by Gasteiger charge is 2.19. The first-order chi connectivity index (χ1) is 11.2. The molecular formula is C13H15ClN4O4S2. The van der Waals surface area contributed by atoms with Crippen molar-refractivity contribution in [1.82, 2.24) is 9.71 Å². The Balaban J connectivity index is 1.98. The third-order valence-corrected chi connectivity index (χ3v) is 5.91. The summed E-state index contributed by atoms with van der Waals surface area (Å²) in [4.78, 5) is 16.1. The van der Waals surface area contributed by atoms with Crippen molar-refractivity contribution < 1.29 is 13.3 Å². The minimum absolute atomic E-state index is 0.0335. The van der Waals surface area contributed by atoms with Gasteiger partial charge in [-0.2, -0.15) is 0 Å². The number of nitro groups is 1. The summed E-state index contributed by atoms with van der Waals surface area (Å²) in [6, 6.07) is 2.79. The van der Waals surface area contributed by atoms with Crippen molar-refractivity contribution in [1.29, 1.82) is 0 Å². The number of anilines is 1. The van der Waals surface area contributed by atoms with Crippen LogP contribution in [0.4, 0.5) is 11.5 Å². The average Bonchev–Trinajstić information content (AvgIpc) is 2.84. The van der Waals surface area contributed by atoms with E-state index in [0.29, 0.717) is 4.88 Å². The molecule has 0 aromatic carbocycles. The largest absolute Gasteiger partial charge is 0.363 e. The van der Waals surface area contributed by atoms with Gasteiger partial charge in [-0.1, -0.05) is 11.6 Å². The molecule has 2 aromatic rings. The van der Waals surface area contributed by atoms with Gasteiger partial charge in [-0.05, 0) is 19.9 Å². The first-order valence-corrected chi connectivity index (χ1v) is 9.49. The maximum atomic E-state index is 12.2. The Morgan fingerprint density at radius 3 is 2.62 bits per heavy atom. The van der Waals surface area contributed by atoms with Crippen molar-refractivity contribution in [3.63, 3.8) is 0 Å². The molecule has 11 heteroatoms. The number of sulfonamides is 1. The molecule has 0 radical (unpaired) electrons. The lowest BCUT2D eigenvalue weighted by atomic mass is 10.4. The number of thiophene rings is 1. The Morgan fingerprint density at radius 2 is 2.04 bits per heavy atom. The fourth-order valence-electron chi connectivity index (χ4n) is 2.02. The molecule has 0 saturated carbocycles. The van der Waals surface area contributed by atoms with Crippen LogP contribution in [-0.4, -0.2) is 31.4 Å². The molecule has 2 heterocycles. The van der Waals surface area contributed by atoms with Gasteiger partial charge in [-0.3, -0.25) is 10.1 Å². The van der Waals surface area contributed by atoms with Crippen molar-refractivity contribution in [3.8, 4) is 0 Å². The molecule has 130 valence electrons. The van der Waals surface area contributed by atoms with E-state index in [1.807, 2.05) is 6.92 Å². The van der Waals surface area contributed by atoms with Gasteiger partial charge in [0, 0.05) is 35.1 Å². The van der Waals surface area contributed by atoms with E-state index >= 15 is 0 Å². The van der Waals surface area contributed by atoms with Gasteiger partial charge in [0.05, 0.1) is 14.8 Å². The summed E-state index contributed by atoms with van der Waals surface area (Å²) in [5, 5.41) is 13.8. The van der Waals surface area contributed by atoms with Crippen molar-refractivity contribution >= 4 is 44.5 Å². The van der Waals surface area contributed by atoms with Gasteiger partial charge in [-0.25, -0.2) is 18.1 Å². The Bertz CT molecular complexity index is 867. The summed E-state index contributed by atoms with van der Waals surface area (Å²) in [5.74, 6) is 0.0335. The Kier molecular flexibility index (Phi) is 5.75. The Labute approximate surface area is 148 Å². The van der Waals surface area contributed by atoms with Crippen molar-refractivity contribution in [2.24, 2.45) is 0 Å². The van der Waals surface area contributed by atoms with Crippen LogP contribution in [0.3, 0.4) is 0 Å². The molecular weight excluding hydrogens is 376 g/mol. The van der Waals surface area contributed by atoms with Gasteiger partial charge in [-0.15, -0.1) is 11.3 Å². The number of hydrogen-bond acceptors (Lipinski definition) is 7. The van der Waals surface area contributed by atoms with E-state index < -0.39 is 14.9 Å². The molecule has 0 fully saturated rings. The number of nitrogens with zero attached hydrogens (tertiary/aromatic N) is 2. The van der Waals surface area contributed by atoms with Crippen LogP contribution in [0.25, 0.3) is 0 Å². The van der Waals surface area contributed by atoms with Crippen LogP contribution in [0.1, 0.15) is 9.75 Å². The van der Waals surface area contributed by atoms with Gasteiger partial charge in [0.2, 0.25) is 15.8 Å².